The first-order valence-corrected chi connectivity index (χ1v) is 6.60. The average molecular weight is 261 g/mol. The summed E-state index contributed by atoms with van der Waals surface area (Å²) in [6.45, 7) is 1.81. The van der Waals surface area contributed by atoms with Gasteiger partial charge in [0.05, 0.1) is 6.61 Å². The highest BCUT2D eigenvalue weighted by Gasteiger charge is 2.69. The fraction of sp³-hybridized carbons (Fsp3) is 1.00. The summed E-state index contributed by atoms with van der Waals surface area (Å²) in [6.07, 6.45) is 6.41. The molecule has 0 N–H and O–H groups in total. The van der Waals surface area contributed by atoms with E-state index in [0.29, 0.717) is 5.41 Å². The van der Waals surface area contributed by atoms with E-state index in [1.807, 2.05) is 0 Å². The van der Waals surface area contributed by atoms with E-state index in [2.05, 4.69) is 15.9 Å². The third-order valence-electron chi connectivity index (χ3n) is 3.92. The Morgan fingerprint density at radius 2 is 2.21 bits per heavy atom. The Balaban J connectivity index is 1.38. The molecule has 0 aromatic carbocycles. The fourth-order valence-corrected chi connectivity index (χ4v) is 3.76. The monoisotopic (exact) mass is 260 g/mol. The first-order valence-electron chi connectivity index (χ1n) is 5.68. The zero-order chi connectivity index (χ0) is 9.60. The van der Waals surface area contributed by atoms with E-state index in [1.54, 1.807) is 0 Å². The van der Waals surface area contributed by atoms with Crippen molar-refractivity contribution in [2.24, 2.45) is 11.3 Å². The van der Waals surface area contributed by atoms with Crippen molar-refractivity contribution in [1.82, 2.24) is 0 Å². The molecule has 1 heterocycles. The summed E-state index contributed by atoms with van der Waals surface area (Å²) in [7, 11) is 0. The molecule has 3 aliphatic rings. The van der Waals surface area contributed by atoms with Crippen LogP contribution in [-0.2, 0) is 9.47 Å². The lowest BCUT2D eigenvalue weighted by atomic mass is 10.2. The number of alkyl halides is 1. The lowest BCUT2D eigenvalue weighted by molar-refractivity contribution is -0.165. The molecular weight excluding hydrogens is 244 g/mol. The van der Waals surface area contributed by atoms with Gasteiger partial charge in [0.1, 0.15) is 0 Å². The quantitative estimate of drug-likeness (QED) is 0.727. The van der Waals surface area contributed by atoms with Crippen LogP contribution in [0.25, 0.3) is 0 Å². The molecule has 3 rings (SSSR count). The van der Waals surface area contributed by atoms with Gasteiger partial charge in [0.25, 0.3) is 0 Å². The van der Waals surface area contributed by atoms with Crippen molar-refractivity contribution in [3.05, 3.63) is 0 Å². The molecule has 0 radical (unpaired) electrons. The van der Waals surface area contributed by atoms with E-state index in [-0.39, 0.29) is 6.29 Å². The van der Waals surface area contributed by atoms with Gasteiger partial charge < -0.3 is 9.47 Å². The van der Waals surface area contributed by atoms with Crippen LogP contribution >= 0.6 is 15.9 Å². The Labute approximate surface area is 93.5 Å². The number of hydrogen-bond donors (Lipinski definition) is 0. The van der Waals surface area contributed by atoms with Gasteiger partial charge in [0.15, 0.2) is 6.29 Å². The van der Waals surface area contributed by atoms with Crippen LogP contribution < -0.4 is 0 Å². The summed E-state index contributed by atoms with van der Waals surface area (Å²) in [5, 5.41) is 0. The molecule has 1 spiro atoms. The largest absolute Gasteiger partial charge is 0.353 e. The molecule has 3 heteroatoms. The molecule has 80 valence electrons. The summed E-state index contributed by atoms with van der Waals surface area (Å²) in [5.41, 5.74) is 0.661. The van der Waals surface area contributed by atoms with Crippen molar-refractivity contribution < 1.29 is 9.47 Å². The van der Waals surface area contributed by atoms with E-state index in [4.69, 9.17) is 9.47 Å². The van der Waals surface area contributed by atoms with Crippen molar-refractivity contribution in [3.8, 4) is 0 Å². The van der Waals surface area contributed by atoms with Gasteiger partial charge >= 0.3 is 0 Å². The standard InChI is InChI=1S/C11H17BrO2/c12-9-6-11(9)5-8(11)7-14-10-3-1-2-4-13-10/h8-10H,1-7H2/t8-,9-,10?,11-/m0/s1. The molecule has 0 amide bonds. The average Bonchev–Trinajstić information content (AvgIpc) is 3.07. The third-order valence-corrected chi connectivity index (χ3v) is 5.16. The molecule has 1 saturated heterocycles. The van der Waals surface area contributed by atoms with Gasteiger partial charge in [-0.05, 0) is 43.4 Å². The zero-order valence-corrected chi connectivity index (χ0v) is 9.96. The summed E-state index contributed by atoms with van der Waals surface area (Å²) < 4.78 is 11.3. The second-order valence-corrected chi connectivity index (χ2v) is 6.04. The van der Waals surface area contributed by atoms with Crippen molar-refractivity contribution >= 4 is 15.9 Å². The molecule has 1 aliphatic heterocycles. The van der Waals surface area contributed by atoms with Crippen molar-refractivity contribution in [3.63, 3.8) is 0 Å². The van der Waals surface area contributed by atoms with Crippen LogP contribution in [0.2, 0.25) is 0 Å². The van der Waals surface area contributed by atoms with Crippen LogP contribution in [0, 0.1) is 11.3 Å². The maximum absolute atomic E-state index is 5.79. The van der Waals surface area contributed by atoms with Gasteiger partial charge in [-0.1, -0.05) is 15.9 Å². The highest BCUT2D eigenvalue weighted by Crippen LogP contribution is 2.73. The molecule has 14 heavy (non-hydrogen) atoms. The van der Waals surface area contributed by atoms with E-state index in [0.717, 1.165) is 30.4 Å². The van der Waals surface area contributed by atoms with Gasteiger partial charge in [0, 0.05) is 11.4 Å². The molecule has 0 aromatic heterocycles. The van der Waals surface area contributed by atoms with Crippen molar-refractivity contribution in [1.29, 1.82) is 0 Å². The highest BCUT2D eigenvalue weighted by molar-refractivity contribution is 9.09. The SMILES string of the molecule is Br[C@H]1C[C@]12C[C@H]2COC1CCCCO1. The zero-order valence-electron chi connectivity index (χ0n) is 8.38. The van der Waals surface area contributed by atoms with E-state index in [1.165, 1.54) is 25.7 Å². The van der Waals surface area contributed by atoms with Gasteiger partial charge in [-0.3, -0.25) is 0 Å². The van der Waals surface area contributed by atoms with E-state index < -0.39 is 0 Å². The summed E-state index contributed by atoms with van der Waals surface area (Å²) in [5.74, 6) is 0.817. The number of hydrogen-bond acceptors (Lipinski definition) is 2. The molecule has 2 nitrogen and oxygen atoms in total. The normalized spacial score (nSPS) is 50.8. The van der Waals surface area contributed by atoms with E-state index in [9.17, 15) is 0 Å². The third kappa shape index (κ3) is 1.63. The van der Waals surface area contributed by atoms with E-state index >= 15 is 0 Å². The molecule has 4 atom stereocenters. The van der Waals surface area contributed by atoms with Crippen LogP contribution in [-0.4, -0.2) is 24.3 Å². The molecule has 0 aromatic rings. The molecule has 2 saturated carbocycles. The van der Waals surface area contributed by atoms with Crippen LogP contribution in [0.4, 0.5) is 0 Å². The number of ether oxygens (including phenoxy) is 2. The smallest absolute Gasteiger partial charge is 0.157 e. The Morgan fingerprint density at radius 1 is 1.36 bits per heavy atom. The Kier molecular flexibility index (Phi) is 2.38. The van der Waals surface area contributed by atoms with Crippen LogP contribution in [0.15, 0.2) is 0 Å². The Hall–Kier alpha value is 0.400. The predicted molar refractivity (Wildman–Crippen MR) is 57.4 cm³/mol. The highest BCUT2D eigenvalue weighted by atomic mass is 79.9. The summed E-state index contributed by atoms with van der Waals surface area (Å²) >= 11 is 3.69. The number of rotatable bonds is 3. The lowest BCUT2D eigenvalue weighted by Gasteiger charge is -2.22. The molecule has 0 bridgehead atoms. The molecule has 2 aliphatic carbocycles. The minimum absolute atomic E-state index is 0.105. The first kappa shape index (κ1) is 9.61. The van der Waals surface area contributed by atoms with Crippen LogP contribution in [0.1, 0.15) is 32.1 Å². The van der Waals surface area contributed by atoms with Gasteiger partial charge in [-0.15, -0.1) is 0 Å². The van der Waals surface area contributed by atoms with Gasteiger partial charge in [-0.25, -0.2) is 0 Å². The van der Waals surface area contributed by atoms with Crippen molar-refractivity contribution in [2.45, 2.75) is 43.2 Å². The fourth-order valence-electron chi connectivity index (χ4n) is 2.60. The molecular formula is C11H17BrO2. The maximum atomic E-state index is 5.79. The van der Waals surface area contributed by atoms with Gasteiger partial charge in [-0.2, -0.15) is 0 Å². The second-order valence-electron chi connectivity index (χ2n) is 4.94. The maximum Gasteiger partial charge on any atom is 0.157 e. The lowest BCUT2D eigenvalue weighted by Crippen LogP contribution is -2.23. The minimum atomic E-state index is 0.105. The number of halogens is 1. The Bertz CT molecular complexity index is 223. The Morgan fingerprint density at radius 3 is 2.79 bits per heavy atom. The summed E-state index contributed by atoms with van der Waals surface area (Å²) in [4.78, 5) is 0.788. The topological polar surface area (TPSA) is 18.5 Å². The predicted octanol–water partition coefficient (Wildman–Crippen LogP) is 2.70. The van der Waals surface area contributed by atoms with Crippen LogP contribution in [0.3, 0.4) is 0 Å². The van der Waals surface area contributed by atoms with Crippen LogP contribution in [0.5, 0.6) is 0 Å². The second kappa shape index (κ2) is 3.46. The molecule has 3 fully saturated rings. The van der Waals surface area contributed by atoms with Gasteiger partial charge in [0.2, 0.25) is 0 Å². The minimum Gasteiger partial charge on any atom is -0.353 e. The first-order chi connectivity index (χ1) is 6.81. The molecule has 1 unspecified atom stereocenters. The van der Waals surface area contributed by atoms with Crippen molar-refractivity contribution in [2.75, 3.05) is 13.2 Å². The summed E-state index contributed by atoms with van der Waals surface area (Å²) in [6, 6.07) is 0.